The van der Waals surface area contributed by atoms with Crippen molar-refractivity contribution in [2.24, 2.45) is 11.7 Å². The molecule has 0 saturated carbocycles. The highest BCUT2D eigenvalue weighted by molar-refractivity contribution is 5.92. The Morgan fingerprint density at radius 1 is 1.45 bits per heavy atom. The number of carboxylic acids is 1. The van der Waals surface area contributed by atoms with Crippen molar-refractivity contribution in [2.75, 3.05) is 6.54 Å². The van der Waals surface area contributed by atoms with E-state index in [2.05, 4.69) is 5.32 Å². The van der Waals surface area contributed by atoms with Gasteiger partial charge < -0.3 is 21.1 Å². The maximum Gasteiger partial charge on any atom is 0.326 e. The lowest BCUT2D eigenvalue weighted by Crippen LogP contribution is -2.46. The van der Waals surface area contributed by atoms with Crippen LogP contribution < -0.4 is 11.1 Å². The zero-order valence-corrected chi connectivity index (χ0v) is 11.5. The average Bonchev–Trinajstić information content (AvgIpc) is 2.69. The van der Waals surface area contributed by atoms with Crippen LogP contribution in [0.1, 0.15) is 26.7 Å². The third-order valence-electron chi connectivity index (χ3n) is 3.17. The molecule has 3 amide bonds. The lowest BCUT2D eigenvalue weighted by molar-refractivity contribution is -0.143. The van der Waals surface area contributed by atoms with Gasteiger partial charge in [0.2, 0.25) is 17.7 Å². The lowest BCUT2D eigenvalue weighted by atomic mass is 10.1. The second-order valence-corrected chi connectivity index (χ2v) is 5.11. The van der Waals surface area contributed by atoms with E-state index in [1.807, 2.05) is 13.8 Å². The number of likely N-dealkylation sites (tertiary alicyclic amines) is 1. The highest BCUT2D eigenvalue weighted by Crippen LogP contribution is 2.20. The van der Waals surface area contributed by atoms with Crippen LogP contribution in [0.15, 0.2) is 0 Å². The maximum atomic E-state index is 11.9. The third kappa shape index (κ3) is 3.94. The monoisotopic (exact) mass is 285 g/mol. The van der Waals surface area contributed by atoms with Crippen molar-refractivity contribution in [2.45, 2.75) is 38.8 Å². The molecule has 0 spiro atoms. The number of aliphatic carboxylic acids is 1. The third-order valence-corrected chi connectivity index (χ3v) is 3.17. The fraction of sp³-hybridized carbons (Fsp3) is 0.667. The van der Waals surface area contributed by atoms with Gasteiger partial charge in [-0.3, -0.25) is 14.4 Å². The molecule has 4 N–H and O–H groups in total. The van der Waals surface area contributed by atoms with Crippen LogP contribution in [0, 0.1) is 5.92 Å². The SMILES string of the molecule is CC(C)N1CC(C(=O)NC(CC(N)=O)C(=O)O)CC1=O. The van der Waals surface area contributed by atoms with Gasteiger partial charge in [-0.15, -0.1) is 0 Å². The van der Waals surface area contributed by atoms with Crippen LogP contribution in [0.25, 0.3) is 0 Å². The molecule has 0 aromatic carbocycles. The number of hydrogen-bond donors (Lipinski definition) is 3. The Morgan fingerprint density at radius 3 is 2.45 bits per heavy atom. The molecule has 0 radical (unpaired) electrons. The van der Waals surface area contributed by atoms with Gasteiger partial charge in [-0.1, -0.05) is 0 Å². The van der Waals surface area contributed by atoms with Gasteiger partial charge in [-0.2, -0.15) is 0 Å². The summed E-state index contributed by atoms with van der Waals surface area (Å²) in [7, 11) is 0. The van der Waals surface area contributed by atoms with Crippen LogP contribution >= 0.6 is 0 Å². The van der Waals surface area contributed by atoms with E-state index in [-0.39, 0.29) is 24.9 Å². The van der Waals surface area contributed by atoms with Crippen molar-refractivity contribution >= 4 is 23.7 Å². The van der Waals surface area contributed by atoms with Crippen molar-refractivity contribution in [3.63, 3.8) is 0 Å². The summed E-state index contributed by atoms with van der Waals surface area (Å²) in [5.74, 6) is -3.43. The maximum absolute atomic E-state index is 11.9. The Bertz CT molecular complexity index is 435. The van der Waals surface area contributed by atoms with Gasteiger partial charge in [-0.25, -0.2) is 4.79 Å². The number of nitrogens with zero attached hydrogens (tertiary/aromatic N) is 1. The fourth-order valence-corrected chi connectivity index (χ4v) is 2.10. The molecule has 1 rings (SSSR count). The summed E-state index contributed by atoms with van der Waals surface area (Å²) in [5.41, 5.74) is 4.93. The number of rotatable bonds is 6. The standard InChI is InChI=1S/C12H19N3O5/c1-6(2)15-5-7(3-10(15)17)11(18)14-8(12(19)20)4-9(13)16/h6-8H,3-5H2,1-2H3,(H2,13,16)(H,14,18)(H,19,20). The van der Waals surface area contributed by atoms with Gasteiger partial charge in [0.05, 0.1) is 12.3 Å². The molecule has 0 aromatic rings. The average molecular weight is 285 g/mol. The number of carbonyl (C=O) groups excluding carboxylic acids is 3. The van der Waals surface area contributed by atoms with Crippen molar-refractivity contribution < 1.29 is 24.3 Å². The van der Waals surface area contributed by atoms with Crippen molar-refractivity contribution in [1.29, 1.82) is 0 Å². The van der Waals surface area contributed by atoms with Crippen LogP contribution in [0.3, 0.4) is 0 Å². The normalized spacial score (nSPS) is 20.1. The first-order valence-corrected chi connectivity index (χ1v) is 6.33. The lowest BCUT2D eigenvalue weighted by Gasteiger charge is -2.21. The zero-order valence-electron chi connectivity index (χ0n) is 11.5. The van der Waals surface area contributed by atoms with Gasteiger partial charge in [0.15, 0.2) is 0 Å². The quantitative estimate of drug-likeness (QED) is 0.557. The van der Waals surface area contributed by atoms with E-state index in [9.17, 15) is 19.2 Å². The summed E-state index contributed by atoms with van der Waals surface area (Å²) in [6, 6.07) is -1.37. The number of amides is 3. The number of carbonyl (C=O) groups is 4. The number of hydrogen-bond acceptors (Lipinski definition) is 4. The minimum absolute atomic E-state index is 0.0128. The molecule has 0 bridgehead atoms. The Labute approximate surface area is 116 Å². The Morgan fingerprint density at radius 2 is 2.05 bits per heavy atom. The molecule has 0 aliphatic carbocycles. The number of primary amides is 1. The smallest absolute Gasteiger partial charge is 0.326 e. The topological polar surface area (TPSA) is 130 Å². The van der Waals surface area contributed by atoms with Gasteiger partial charge in [0.25, 0.3) is 0 Å². The molecule has 1 saturated heterocycles. The van der Waals surface area contributed by atoms with Crippen molar-refractivity contribution in [3.8, 4) is 0 Å². The fourth-order valence-electron chi connectivity index (χ4n) is 2.10. The second-order valence-electron chi connectivity index (χ2n) is 5.11. The van der Waals surface area contributed by atoms with E-state index < -0.39 is 36.2 Å². The summed E-state index contributed by atoms with van der Waals surface area (Å²) in [5, 5.41) is 11.2. The van der Waals surface area contributed by atoms with E-state index in [0.29, 0.717) is 0 Å². The molecule has 1 aliphatic heterocycles. The minimum Gasteiger partial charge on any atom is -0.480 e. The van der Waals surface area contributed by atoms with Crippen molar-refractivity contribution in [3.05, 3.63) is 0 Å². The van der Waals surface area contributed by atoms with Crippen molar-refractivity contribution in [1.82, 2.24) is 10.2 Å². The first kappa shape index (κ1) is 15.9. The summed E-state index contributed by atoms with van der Waals surface area (Å²) in [6.07, 6.45) is -0.428. The molecule has 0 aromatic heterocycles. The van der Waals surface area contributed by atoms with E-state index >= 15 is 0 Å². The molecular weight excluding hydrogens is 266 g/mol. The summed E-state index contributed by atoms with van der Waals surface area (Å²) in [6.45, 7) is 3.93. The van der Waals surface area contributed by atoms with Gasteiger partial charge in [0.1, 0.15) is 6.04 Å². The molecule has 1 heterocycles. The largest absolute Gasteiger partial charge is 0.480 e. The highest BCUT2D eigenvalue weighted by Gasteiger charge is 2.36. The van der Waals surface area contributed by atoms with E-state index in [0.717, 1.165) is 0 Å². The van der Waals surface area contributed by atoms with Crippen LogP contribution in [0.2, 0.25) is 0 Å². The molecular formula is C12H19N3O5. The Kier molecular flexibility index (Phi) is 5.06. The van der Waals surface area contributed by atoms with Crippen LogP contribution in [-0.4, -0.2) is 52.3 Å². The molecule has 112 valence electrons. The van der Waals surface area contributed by atoms with Crippen LogP contribution in [-0.2, 0) is 19.2 Å². The molecule has 8 heteroatoms. The zero-order chi connectivity index (χ0) is 15.4. The molecule has 1 aliphatic rings. The predicted octanol–water partition coefficient (Wildman–Crippen LogP) is -1.31. The highest BCUT2D eigenvalue weighted by atomic mass is 16.4. The molecule has 8 nitrogen and oxygen atoms in total. The Hall–Kier alpha value is -2.12. The van der Waals surface area contributed by atoms with Crippen LogP contribution in [0.4, 0.5) is 0 Å². The number of carboxylic acid groups (broad SMARTS) is 1. The van der Waals surface area contributed by atoms with E-state index in [1.165, 1.54) is 0 Å². The van der Waals surface area contributed by atoms with Gasteiger partial charge >= 0.3 is 5.97 Å². The van der Waals surface area contributed by atoms with E-state index in [4.69, 9.17) is 10.8 Å². The molecule has 2 unspecified atom stereocenters. The van der Waals surface area contributed by atoms with Gasteiger partial charge in [-0.05, 0) is 13.8 Å². The molecule has 20 heavy (non-hydrogen) atoms. The van der Waals surface area contributed by atoms with Crippen LogP contribution in [0.5, 0.6) is 0 Å². The number of nitrogens with two attached hydrogens (primary N) is 1. The summed E-state index contributed by atoms with van der Waals surface area (Å²) in [4.78, 5) is 46.9. The molecule has 1 fully saturated rings. The summed E-state index contributed by atoms with van der Waals surface area (Å²) >= 11 is 0. The second kappa shape index (κ2) is 6.36. The first-order chi connectivity index (χ1) is 9.22. The predicted molar refractivity (Wildman–Crippen MR) is 68.3 cm³/mol. The summed E-state index contributed by atoms with van der Waals surface area (Å²) < 4.78 is 0. The van der Waals surface area contributed by atoms with E-state index in [1.54, 1.807) is 4.90 Å². The molecule has 2 atom stereocenters. The Balaban J connectivity index is 2.64. The van der Waals surface area contributed by atoms with Gasteiger partial charge in [0, 0.05) is 19.0 Å². The minimum atomic E-state index is -1.36. The number of nitrogens with one attached hydrogen (secondary N) is 1. The first-order valence-electron chi connectivity index (χ1n) is 6.33.